The summed E-state index contributed by atoms with van der Waals surface area (Å²) >= 11 is 0. The summed E-state index contributed by atoms with van der Waals surface area (Å²) in [6, 6.07) is 6.56. The second-order valence-electron chi connectivity index (χ2n) is 6.29. The maximum Gasteiger partial charge on any atom is 0.194 e. The van der Waals surface area contributed by atoms with Crippen molar-refractivity contribution in [3.05, 3.63) is 47.3 Å². The minimum absolute atomic E-state index is 0.219. The van der Waals surface area contributed by atoms with Crippen molar-refractivity contribution < 1.29 is 4.39 Å². The second kappa shape index (κ2) is 8.09. The Morgan fingerprint density at radius 1 is 1.28 bits per heavy atom. The van der Waals surface area contributed by atoms with Crippen LogP contribution in [0.1, 0.15) is 37.0 Å². The van der Waals surface area contributed by atoms with Crippen molar-refractivity contribution in [1.82, 2.24) is 25.0 Å². The molecule has 1 aromatic heterocycles. The van der Waals surface area contributed by atoms with Crippen LogP contribution in [0.4, 0.5) is 4.39 Å². The van der Waals surface area contributed by atoms with Crippen LogP contribution < -0.4 is 5.32 Å². The first kappa shape index (κ1) is 17.4. The lowest BCUT2D eigenvalue weighted by Gasteiger charge is -2.22. The van der Waals surface area contributed by atoms with E-state index in [0.717, 1.165) is 42.7 Å². The molecular formula is C18H25FN6. The zero-order chi connectivity index (χ0) is 17.6. The summed E-state index contributed by atoms with van der Waals surface area (Å²) in [5, 5.41) is 11.9. The zero-order valence-corrected chi connectivity index (χ0v) is 14.9. The molecule has 2 aromatic rings. The molecule has 0 unspecified atom stereocenters. The van der Waals surface area contributed by atoms with Crippen molar-refractivity contribution in [3.63, 3.8) is 0 Å². The molecule has 25 heavy (non-hydrogen) atoms. The SMILES string of the molecule is CCNC(=NCc1nnc2n1CCCC2)N(C)Cc1ccc(F)cc1. The van der Waals surface area contributed by atoms with Gasteiger partial charge in [0.2, 0.25) is 0 Å². The molecule has 1 N–H and O–H groups in total. The van der Waals surface area contributed by atoms with E-state index >= 15 is 0 Å². The fourth-order valence-electron chi connectivity index (χ4n) is 3.04. The van der Waals surface area contributed by atoms with Gasteiger partial charge in [0.05, 0.1) is 0 Å². The molecule has 2 heterocycles. The molecule has 0 saturated carbocycles. The molecule has 7 heteroatoms. The number of hydrogen-bond donors (Lipinski definition) is 1. The third kappa shape index (κ3) is 4.35. The van der Waals surface area contributed by atoms with Crippen molar-refractivity contribution >= 4 is 5.96 Å². The number of benzene rings is 1. The first-order chi connectivity index (χ1) is 12.2. The van der Waals surface area contributed by atoms with Gasteiger partial charge in [-0.3, -0.25) is 0 Å². The van der Waals surface area contributed by atoms with Crippen LogP contribution in [0.25, 0.3) is 0 Å². The average molecular weight is 344 g/mol. The van der Waals surface area contributed by atoms with Crippen molar-refractivity contribution in [2.45, 2.75) is 45.8 Å². The Morgan fingerprint density at radius 2 is 2.08 bits per heavy atom. The zero-order valence-electron chi connectivity index (χ0n) is 14.9. The number of aryl methyl sites for hydroxylation is 1. The average Bonchev–Trinajstić information content (AvgIpc) is 3.04. The first-order valence-corrected chi connectivity index (χ1v) is 8.82. The Balaban J connectivity index is 1.70. The van der Waals surface area contributed by atoms with Crippen LogP contribution in [0.15, 0.2) is 29.3 Å². The predicted molar refractivity (Wildman–Crippen MR) is 95.6 cm³/mol. The number of halogens is 1. The van der Waals surface area contributed by atoms with Crippen molar-refractivity contribution in [3.8, 4) is 0 Å². The Bertz CT molecular complexity index is 722. The standard InChI is InChI=1S/C18H25FN6/c1-3-20-18(24(2)13-14-7-9-15(19)10-8-14)21-12-17-23-22-16-6-4-5-11-25(16)17/h7-10H,3-6,11-13H2,1-2H3,(H,20,21). The summed E-state index contributed by atoms with van der Waals surface area (Å²) in [7, 11) is 1.98. The normalized spacial score (nSPS) is 14.3. The lowest BCUT2D eigenvalue weighted by molar-refractivity contribution is 0.473. The summed E-state index contributed by atoms with van der Waals surface area (Å²) < 4.78 is 15.2. The van der Waals surface area contributed by atoms with Crippen molar-refractivity contribution in [2.75, 3.05) is 13.6 Å². The van der Waals surface area contributed by atoms with E-state index < -0.39 is 0 Å². The number of hydrogen-bond acceptors (Lipinski definition) is 3. The van der Waals surface area contributed by atoms with Gasteiger partial charge in [-0.05, 0) is 37.5 Å². The molecule has 6 nitrogen and oxygen atoms in total. The summed E-state index contributed by atoms with van der Waals surface area (Å²) in [6.07, 6.45) is 3.36. The molecule has 134 valence electrons. The largest absolute Gasteiger partial charge is 0.357 e. The van der Waals surface area contributed by atoms with Crippen LogP contribution in [0, 0.1) is 5.82 Å². The van der Waals surface area contributed by atoms with E-state index in [1.165, 1.54) is 25.0 Å². The van der Waals surface area contributed by atoms with Gasteiger partial charge in [0.15, 0.2) is 11.8 Å². The summed E-state index contributed by atoms with van der Waals surface area (Å²) in [5.74, 6) is 2.57. The van der Waals surface area contributed by atoms with Gasteiger partial charge < -0.3 is 14.8 Å². The summed E-state index contributed by atoms with van der Waals surface area (Å²) in [6.45, 7) is 4.97. The highest BCUT2D eigenvalue weighted by molar-refractivity contribution is 5.79. The minimum Gasteiger partial charge on any atom is -0.357 e. The highest BCUT2D eigenvalue weighted by Gasteiger charge is 2.15. The molecule has 1 aromatic carbocycles. The predicted octanol–water partition coefficient (Wildman–Crippen LogP) is 2.35. The molecule has 0 amide bonds. The van der Waals surface area contributed by atoms with Crippen LogP contribution in [-0.4, -0.2) is 39.2 Å². The monoisotopic (exact) mass is 344 g/mol. The number of nitrogens with zero attached hydrogens (tertiary/aromatic N) is 5. The number of guanidine groups is 1. The molecule has 3 rings (SSSR count). The Hall–Kier alpha value is -2.44. The molecule has 0 aliphatic carbocycles. The number of nitrogens with one attached hydrogen (secondary N) is 1. The van der Waals surface area contributed by atoms with Gasteiger partial charge >= 0.3 is 0 Å². The van der Waals surface area contributed by atoms with E-state index in [1.54, 1.807) is 12.1 Å². The van der Waals surface area contributed by atoms with Crippen LogP contribution in [-0.2, 0) is 26.1 Å². The van der Waals surface area contributed by atoms with E-state index in [4.69, 9.17) is 4.99 Å². The molecule has 0 spiro atoms. The molecule has 0 radical (unpaired) electrons. The van der Waals surface area contributed by atoms with E-state index in [0.29, 0.717) is 13.1 Å². The van der Waals surface area contributed by atoms with Crippen LogP contribution >= 0.6 is 0 Å². The Kier molecular flexibility index (Phi) is 5.63. The number of aromatic nitrogens is 3. The van der Waals surface area contributed by atoms with Crippen molar-refractivity contribution in [1.29, 1.82) is 0 Å². The van der Waals surface area contributed by atoms with E-state index in [1.807, 2.05) is 18.9 Å². The van der Waals surface area contributed by atoms with Gasteiger partial charge in [0.1, 0.15) is 18.2 Å². The summed E-state index contributed by atoms with van der Waals surface area (Å²) in [4.78, 5) is 6.74. The van der Waals surface area contributed by atoms with Crippen LogP contribution in [0.5, 0.6) is 0 Å². The van der Waals surface area contributed by atoms with Gasteiger partial charge in [-0.15, -0.1) is 10.2 Å². The quantitative estimate of drug-likeness (QED) is 0.668. The van der Waals surface area contributed by atoms with Crippen molar-refractivity contribution in [2.24, 2.45) is 4.99 Å². The fraction of sp³-hybridized carbons (Fsp3) is 0.500. The van der Waals surface area contributed by atoms with Crippen LogP contribution in [0.3, 0.4) is 0 Å². The Labute approximate surface area is 147 Å². The van der Waals surface area contributed by atoms with Gasteiger partial charge in [-0.25, -0.2) is 9.38 Å². The highest BCUT2D eigenvalue weighted by Crippen LogP contribution is 2.15. The van der Waals surface area contributed by atoms with Gasteiger partial charge in [0, 0.05) is 33.1 Å². The Morgan fingerprint density at radius 3 is 2.84 bits per heavy atom. The molecule has 0 fully saturated rings. The molecule has 0 bridgehead atoms. The maximum absolute atomic E-state index is 13.1. The van der Waals surface area contributed by atoms with E-state index in [-0.39, 0.29) is 5.82 Å². The number of aliphatic imine (C=N–C) groups is 1. The number of fused-ring (bicyclic) bond motifs is 1. The van der Waals surface area contributed by atoms with Crippen LogP contribution in [0.2, 0.25) is 0 Å². The number of rotatable bonds is 5. The first-order valence-electron chi connectivity index (χ1n) is 8.82. The fourth-order valence-corrected chi connectivity index (χ4v) is 3.04. The summed E-state index contributed by atoms with van der Waals surface area (Å²) in [5.41, 5.74) is 1.04. The van der Waals surface area contributed by atoms with Gasteiger partial charge in [-0.1, -0.05) is 12.1 Å². The van der Waals surface area contributed by atoms with E-state index in [2.05, 4.69) is 20.1 Å². The molecular weight excluding hydrogens is 319 g/mol. The van der Waals surface area contributed by atoms with Gasteiger partial charge in [-0.2, -0.15) is 0 Å². The van der Waals surface area contributed by atoms with E-state index in [9.17, 15) is 4.39 Å². The lowest BCUT2D eigenvalue weighted by atomic mass is 10.2. The molecule has 0 saturated heterocycles. The third-order valence-corrected chi connectivity index (χ3v) is 4.34. The topological polar surface area (TPSA) is 58.3 Å². The van der Waals surface area contributed by atoms with Gasteiger partial charge in [0.25, 0.3) is 0 Å². The second-order valence-corrected chi connectivity index (χ2v) is 6.29. The molecule has 1 aliphatic rings. The molecule has 0 atom stereocenters. The maximum atomic E-state index is 13.1. The smallest absolute Gasteiger partial charge is 0.194 e. The highest BCUT2D eigenvalue weighted by atomic mass is 19.1. The molecule has 1 aliphatic heterocycles. The minimum atomic E-state index is -0.219. The lowest BCUT2D eigenvalue weighted by Crippen LogP contribution is -2.38. The third-order valence-electron chi connectivity index (χ3n) is 4.34.